The van der Waals surface area contributed by atoms with Gasteiger partial charge in [0.2, 0.25) is 0 Å². The Kier molecular flexibility index (Phi) is 3.79. The highest BCUT2D eigenvalue weighted by molar-refractivity contribution is 6.01. The van der Waals surface area contributed by atoms with Crippen LogP contribution in [0.4, 0.5) is 5.69 Å². The molecule has 1 aromatic heterocycles. The summed E-state index contributed by atoms with van der Waals surface area (Å²) in [5.41, 5.74) is 4.12. The van der Waals surface area contributed by atoms with Crippen LogP contribution < -0.4 is 14.8 Å². The van der Waals surface area contributed by atoms with Crippen LogP contribution in [0, 0.1) is 6.92 Å². The molecule has 4 heteroatoms. The number of rotatable bonds is 4. The van der Waals surface area contributed by atoms with Crippen LogP contribution in [0.2, 0.25) is 0 Å². The van der Waals surface area contributed by atoms with E-state index in [1.54, 1.807) is 14.2 Å². The molecule has 0 atom stereocenters. The third-order valence-electron chi connectivity index (χ3n) is 3.43. The summed E-state index contributed by atoms with van der Waals surface area (Å²) in [6.45, 7) is 4.18. The second-order valence-corrected chi connectivity index (χ2v) is 4.36. The van der Waals surface area contributed by atoms with Gasteiger partial charge in [-0.25, -0.2) is 4.98 Å². The van der Waals surface area contributed by atoms with Crippen LogP contribution in [0.1, 0.15) is 18.2 Å². The number of hydrogen-bond donors (Lipinski definition) is 1. The molecule has 0 amide bonds. The Bertz CT molecular complexity index is 609. The number of aryl methyl sites for hydroxylation is 1. The molecular weight excluding hydrogens is 240 g/mol. The fraction of sp³-hybridized carbons (Fsp3) is 0.400. The van der Waals surface area contributed by atoms with E-state index in [0.29, 0.717) is 0 Å². The molecule has 1 N–H and O–H groups in total. The van der Waals surface area contributed by atoms with Crippen LogP contribution in [0.25, 0.3) is 10.9 Å². The number of aromatic nitrogens is 1. The molecule has 4 nitrogen and oxygen atoms in total. The lowest BCUT2D eigenvalue weighted by Crippen LogP contribution is -2.03. The summed E-state index contributed by atoms with van der Waals surface area (Å²) < 4.78 is 10.9. The van der Waals surface area contributed by atoms with Gasteiger partial charge in [0.05, 0.1) is 25.3 Å². The van der Waals surface area contributed by atoms with Crippen molar-refractivity contribution in [1.82, 2.24) is 4.98 Å². The van der Waals surface area contributed by atoms with Gasteiger partial charge in [-0.1, -0.05) is 6.92 Å². The molecule has 1 aromatic carbocycles. The van der Waals surface area contributed by atoms with E-state index in [9.17, 15) is 0 Å². The first-order valence-corrected chi connectivity index (χ1v) is 6.39. The normalized spacial score (nSPS) is 10.6. The zero-order valence-electron chi connectivity index (χ0n) is 12.1. The fourth-order valence-electron chi connectivity index (χ4n) is 2.45. The first-order chi connectivity index (χ1) is 9.17. The number of methoxy groups -OCH3 is 2. The second kappa shape index (κ2) is 5.34. The van der Waals surface area contributed by atoms with Gasteiger partial charge in [0.25, 0.3) is 0 Å². The van der Waals surface area contributed by atoms with E-state index in [1.165, 1.54) is 0 Å². The van der Waals surface area contributed by atoms with Gasteiger partial charge < -0.3 is 14.8 Å². The highest BCUT2D eigenvalue weighted by Crippen LogP contribution is 2.39. The van der Waals surface area contributed by atoms with E-state index < -0.39 is 0 Å². The summed E-state index contributed by atoms with van der Waals surface area (Å²) in [4.78, 5) is 4.74. The number of nitrogens with one attached hydrogen (secondary N) is 1. The fourth-order valence-corrected chi connectivity index (χ4v) is 2.45. The minimum absolute atomic E-state index is 0.766. The quantitative estimate of drug-likeness (QED) is 0.917. The standard InChI is InChI=1S/C15H20N2O2/c1-6-10-9(2)14(16-3)13-11(18-4)7-8-12(19-5)15(13)17-10/h7-8H,6H2,1-5H3,(H,16,17). The molecule has 0 saturated carbocycles. The summed E-state index contributed by atoms with van der Waals surface area (Å²) in [6.07, 6.45) is 0.886. The molecular formula is C15H20N2O2. The number of benzene rings is 1. The summed E-state index contributed by atoms with van der Waals surface area (Å²) >= 11 is 0. The molecule has 0 aliphatic carbocycles. The number of pyridine rings is 1. The van der Waals surface area contributed by atoms with E-state index >= 15 is 0 Å². The Balaban J connectivity index is 2.95. The lowest BCUT2D eigenvalue weighted by Gasteiger charge is -2.17. The topological polar surface area (TPSA) is 43.4 Å². The Morgan fingerprint density at radius 3 is 2.32 bits per heavy atom. The van der Waals surface area contributed by atoms with Crippen LogP contribution in [0.15, 0.2) is 12.1 Å². The molecule has 2 rings (SSSR count). The van der Waals surface area contributed by atoms with E-state index in [0.717, 1.165) is 45.8 Å². The summed E-state index contributed by atoms with van der Waals surface area (Å²) in [5, 5.41) is 4.23. The van der Waals surface area contributed by atoms with Crippen LogP contribution in [-0.2, 0) is 6.42 Å². The highest BCUT2D eigenvalue weighted by Gasteiger charge is 2.16. The predicted octanol–water partition coefficient (Wildman–Crippen LogP) is 3.16. The summed E-state index contributed by atoms with van der Waals surface area (Å²) in [7, 11) is 5.25. The molecule has 0 radical (unpaired) electrons. The van der Waals surface area contributed by atoms with E-state index in [1.807, 2.05) is 19.2 Å². The molecule has 1 heterocycles. The first kappa shape index (κ1) is 13.5. The van der Waals surface area contributed by atoms with Crippen LogP contribution >= 0.6 is 0 Å². The molecule has 0 aliphatic rings. The molecule has 102 valence electrons. The number of anilines is 1. The smallest absolute Gasteiger partial charge is 0.145 e. The predicted molar refractivity (Wildman–Crippen MR) is 78.5 cm³/mol. The first-order valence-electron chi connectivity index (χ1n) is 6.39. The molecule has 0 saturated heterocycles. The number of fused-ring (bicyclic) bond motifs is 1. The third kappa shape index (κ3) is 2.07. The maximum Gasteiger partial charge on any atom is 0.145 e. The molecule has 19 heavy (non-hydrogen) atoms. The van der Waals surface area contributed by atoms with Crippen molar-refractivity contribution in [1.29, 1.82) is 0 Å². The van der Waals surface area contributed by atoms with Gasteiger partial charge in [-0.15, -0.1) is 0 Å². The van der Waals surface area contributed by atoms with E-state index in [2.05, 4.69) is 19.2 Å². The minimum Gasteiger partial charge on any atom is -0.496 e. The molecule has 0 fully saturated rings. The Labute approximate surface area is 113 Å². The van der Waals surface area contributed by atoms with Gasteiger partial charge in [-0.3, -0.25) is 0 Å². The van der Waals surface area contributed by atoms with Crippen molar-refractivity contribution in [3.63, 3.8) is 0 Å². The minimum atomic E-state index is 0.766. The average molecular weight is 260 g/mol. The van der Waals surface area contributed by atoms with Crippen molar-refractivity contribution in [2.24, 2.45) is 0 Å². The molecule has 0 unspecified atom stereocenters. The van der Waals surface area contributed by atoms with Gasteiger partial charge in [-0.2, -0.15) is 0 Å². The molecule has 0 bridgehead atoms. The van der Waals surface area contributed by atoms with Crippen molar-refractivity contribution >= 4 is 16.6 Å². The van der Waals surface area contributed by atoms with E-state index in [-0.39, 0.29) is 0 Å². The average Bonchev–Trinajstić information content (AvgIpc) is 2.45. The Morgan fingerprint density at radius 2 is 1.79 bits per heavy atom. The SMILES string of the molecule is CCc1nc2c(OC)ccc(OC)c2c(NC)c1C. The Morgan fingerprint density at radius 1 is 1.16 bits per heavy atom. The van der Waals surface area contributed by atoms with Gasteiger partial charge in [0, 0.05) is 12.7 Å². The second-order valence-electron chi connectivity index (χ2n) is 4.36. The zero-order chi connectivity index (χ0) is 14.0. The van der Waals surface area contributed by atoms with E-state index in [4.69, 9.17) is 14.5 Å². The largest absolute Gasteiger partial charge is 0.496 e. The maximum atomic E-state index is 5.46. The number of hydrogen-bond acceptors (Lipinski definition) is 4. The van der Waals surface area contributed by atoms with Crippen LogP contribution in [0.3, 0.4) is 0 Å². The van der Waals surface area contributed by atoms with Gasteiger partial charge >= 0.3 is 0 Å². The van der Waals surface area contributed by atoms with Gasteiger partial charge in [0.1, 0.15) is 17.0 Å². The number of ether oxygens (including phenoxy) is 2. The maximum absolute atomic E-state index is 5.46. The van der Waals surface area contributed by atoms with Crippen molar-refractivity contribution < 1.29 is 9.47 Å². The van der Waals surface area contributed by atoms with Gasteiger partial charge in [-0.05, 0) is 31.0 Å². The van der Waals surface area contributed by atoms with Crippen molar-refractivity contribution in [2.75, 3.05) is 26.6 Å². The summed E-state index contributed by atoms with van der Waals surface area (Å²) in [6, 6.07) is 3.80. The van der Waals surface area contributed by atoms with Crippen LogP contribution in [0.5, 0.6) is 11.5 Å². The zero-order valence-corrected chi connectivity index (χ0v) is 12.1. The molecule has 2 aromatic rings. The van der Waals surface area contributed by atoms with Crippen LogP contribution in [-0.4, -0.2) is 26.3 Å². The molecule has 0 spiro atoms. The van der Waals surface area contributed by atoms with Crippen molar-refractivity contribution in [3.05, 3.63) is 23.4 Å². The third-order valence-corrected chi connectivity index (χ3v) is 3.43. The van der Waals surface area contributed by atoms with Gasteiger partial charge in [0.15, 0.2) is 0 Å². The lowest BCUT2D eigenvalue weighted by atomic mass is 10.0. The monoisotopic (exact) mass is 260 g/mol. The van der Waals surface area contributed by atoms with Crippen molar-refractivity contribution in [2.45, 2.75) is 20.3 Å². The molecule has 0 aliphatic heterocycles. The Hall–Kier alpha value is -1.97. The number of nitrogens with zero attached hydrogens (tertiary/aromatic N) is 1. The summed E-state index contributed by atoms with van der Waals surface area (Å²) in [5.74, 6) is 1.57. The van der Waals surface area contributed by atoms with Crippen molar-refractivity contribution in [3.8, 4) is 11.5 Å². The lowest BCUT2D eigenvalue weighted by molar-refractivity contribution is 0.409. The highest BCUT2D eigenvalue weighted by atomic mass is 16.5.